The number of urea groups is 1. The van der Waals surface area contributed by atoms with Crippen LogP contribution in [0.3, 0.4) is 0 Å². The van der Waals surface area contributed by atoms with Gasteiger partial charge in [0.25, 0.3) is 0 Å². The van der Waals surface area contributed by atoms with Crippen LogP contribution in [0.2, 0.25) is 0 Å². The molecule has 1 aliphatic heterocycles. The SMILES string of the molecule is CCN(CC)S(=O)(=O)c1ccc2c(c1)nc(CN1CCN(C(=O)NC(C)C)CC1)n2C. The summed E-state index contributed by atoms with van der Waals surface area (Å²) in [6, 6.07) is 5.27. The second-order valence-electron chi connectivity index (χ2n) is 8.19. The molecule has 1 N–H and O–H groups in total. The van der Waals surface area contributed by atoms with Crippen LogP contribution in [-0.4, -0.2) is 83.4 Å². The first-order valence-electron chi connectivity index (χ1n) is 10.9. The van der Waals surface area contributed by atoms with Crippen molar-refractivity contribution in [1.82, 2.24) is 29.0 Å². The highest BCUT2D eigenvalue weighted by Gasteiger charge is 2.24. The monoisotopic (exact) mass is 450 g/mol. The van der Waals surface area contributed by atoms with Gasteiger partial charge in [-0.15, -0.1) is 0 Å². The number of carbonyl (C=O) groups excluding carboxylic acids is 1. The van der Waals surface area contributed by atoms with Gasteiger partial charge in [-0.1, -0.05) is 13.8 Å². The molecule has 9 nitrogen and oxygen atoms in total. The third-order valence-corrected chi connectivity index (χ3v) is 7.77. The van der Waals surface area contributed by atoms with E-state index >= 15 is 0 Å². The van der Waals surface area contributed by atoms with Gasteiger partial charge in [0.05, 0.1) is 22.5 Å². The van der Waals surface area contributed by atoms with Gasteiger partial charge in [0, 0.05) is 52.4 Å². The molecule has 0 saturated carbocycles. The molecule has 10 heteroatoms. The van der Waals surface area contributed by atoms with Gasteiger partial charge in [0.15, 0.2) is 0 Å². The average molecular weight is 451 g/mol. The van der Waals surface area contributed by atoms with Crippen LogP contribution in [0.25, 0.3) is 11.0 Å². The zero-order valence-corrected chi connectivity index (χ0v) is 19.9. The summed E-state index contributed by atoms with van der Waals surface area (Å²) in [7, 11) is -1.56. The molecule has 1 aliphatic rings. The normalized spacial score (nSPS) is 15.9. The number of carbonyl (C=O) groups is 1. The Morgan fingerprint density at radius 2 is 1.81 bits per heavy atom. The number of aromatic nitrogens is 2. The van der Waals surface area contributed by atoms with Crippen LogP contribution in [0, 0.1) is 0 Å². The first kappa shape index (κ1) is 23.5. The van der Waals surface area contributed by atoms with Gasteiger partial charge < -0.3 is 14.8 Å². The fourth-order valence-electron chi connectivity index (χ4n) is 3.89. The third kappa shape index (κ3) is 5.02. The van der Waals surface area contributed by atoms with Crippen molar-refractivity contribution in [3.8, 4) is 0 Å². The molecular weight excluding hydrogens is 416 g/mol. The van der Waals surface area contributed by atoms with E-state index in [1.165, 1.54) is 4.31 Å². The van der Waals surface area contributed by atoms with Crippen molar-refractivity contribution in [3.05, 3.63) is 24.0 Å². The fraction of sp³-hybridized carbons (Fsp3) is 0.619. The molecule has 1 fully saturated rings. The number of amides is 2. The Labute approximate surface area is 185 Å². The first-order chi connectivity index (χ1) is 14.7. The second kappa shape index (κ2) is 9.54. The third-order valence-electron chi connectivity index (χ3n) is 5.72. The smallest absolute Gasteiger partial charge is 0.317 e. The quantitative estimate of drug-likeness (QED) is 0.695. The molecule has 0 aliphatic carbocycles. The Morgan fingerprint density at radius 1 is 1.16 bits per heavy atom. The largest absolute Gasteiger partial charge is 0.336 e. The fourth-order valence-corrected chi connectivity index (χ4v) is 5.37. The molecule has 0 bridgehead atoms. The van der Waals surface area contributed by atoms with Crippen LogP contribution in [0.4, 0.5) is 4.79 Å². The van der Waals surface area contributed by atoms with Crippen molar-refractivity contribution >= 4 is 27.1 Å². The molecule has 0 atom stereocenters. The number of nitrogens with zero attached hydrogens (tertiary/aromatic N) is 5. The van der Waals surface area contributed by atoms with Crippen LogP contribution >= 0.6 is 0 Å². The minimum absolute atomic E-state index is 0.0145. The first-order valence-corrected chi connectivity index (χ1v) is 12.3. The van der Waals surface area contributed by atoms with Crippen LogP contribution in [0.1, 0.15) is 33.5 Å². The predicted molar refractivity (Wildman–Crippen MR) is 121 cm³/mol. The lowest BCUT2D eigenvalue weighted by Crippen LogP contribution is -2.52. The zero-order chi connectivity index (χ0) is 22.8. The van der Waals surface area contributed by atoms with E-state index in [1.54, 1.807) is 12.1 Å². The number of piperazine rings is 1. The Bertz CT molecular complexity index is 1020. The van der Waals surface area contributed by atoms with Gasteiger partial charge >= 0.3 is 6.03 Å². The molecule has 172 valence electrons. The maximum Gasteiger partial charge on any atom is 0.317 e. The van der Waals surface area contributed by atoms with E-state index in [4.69, 9.17) is 4.98 Å². The minimum Gasteiger partial charge on any atom is -0.336 e. The van der Waals surface area contributed by atoms with E-state index in [0.717, 1.165) is 24.4 Å². The van der Waals surface area contributed by atoms with Crippen molar-refractivity contribution < 1.29 is 13.2 Å². The molecule has 0 spiro atoms. The molecule has 1 saturated heterocycles. The van der Waals surface area contributed by atoms with Crippen LogP contribution in [0.5, 0.6) is 0 Å². The number of hydrogen-bond acceptors (Lipinski definition) is 5. The number of aryl methyl sites for hydroxylation is 1. The number of sulfonamides is 1. The summed E-state index contributed by atoms with van der Waals surface area (Å²) in [4.78, 5) is 21.3. The molecule has 3 rings (SSSR count). The lowest BCUT2D eigenvalue weighted by Gasteiger charge is -2.34. The second-order valence-corrected chi connectivity index (χ2v) is 10.1. The Balaban J connectivity index is 1.73. The summed E-state index contributed by atoms with van der Waals surface area (Å²) in [6.45, 7) is 12.0. The predicted octanol–water partition coefficient (Wildman–Crippen LogP) is 1.84. The number of fused-ring (bicyclic) bond motifs is 1. The van der Waals surface area contributed by atoms with Crippen molar-refractivity contribution in [1.29, 1.82) is 0 Å². The van der Waals surface area contributed by atoms with Crippen molar-refractivity contribution in [2.45, 2.75) is 45.2 Å². The molecule has 0 radical (unpaired) electrons. The molecular formula is C21H34N6O3S. The van der Waals surface area contributed by atoms with E-state index in [9.17, 15) is 13.2 Å². The van der Waals surface area contributed by atoms with E-state index in [0.29, 0.717) is 38.2 Å². The molecule has 2 aromatic rings. The molecule has 1 aromatic heterocycles. The maximum atomic E-state index is 12.8. The number of benzene rings is 1. The Morgan fingerprint density at radius 3 is 2.39 bits per heavy atom. The lowest BCUT2D eigenvalue weighted by atomic mass is 10.3. The van der Waals surface area contributed by atoms with Gasteiger partial charge in [-0.25, -0.2) is 18.2 Å². The van der Waals surface area contributed by atoms with Crippen molar-refractivity contribution in [2.75, 3.05) is 39.3 Å². The maximum absolute atomic E-state index is 12.8. The Kier molecular flexibility index (Phi) is 7.23. The topological polar surface area (TPSA) is 90.8 Å². The summed E-state index contributed by atoms with van der Waals surface area (Å²) in [5.41, 5.74) is 1.59. The van der Waals surface area contributed by atoms with Crippen LogP contribution in [0.15, 0.2) is 23.1 Å². The highest BCUT2D eigenvalue weighted by molar-refractivity contribution is 7.89. The lowest BCUT2D eigenvalue weighted by molar-refractivity contribution is 0.132. The summed E-state index contributed by atoms with van der Waals surface area (Å²) in [5.74, 6) is 0.882. The van der Waals surface area contributed by atoms with Gasteiger partial charge in [0.2, 0.25) is 10.0 Å². The summed E-state index contributed by atoms with van der Waals surface area (Å²) < 4.78 is 29.2. The highest BCUT2D eigenvalue weighted by Crippen LogP contribution is 2.23. The number of hydrogen-bond donors (Lipinski definition) is 1. The summed E-state index contributed by atoms with van der Waals surface area (Å²) >= 11 is 0. The van der Waals surface area contributed by atoms with E-state index in [-0.39, 0.29) is 17.0 Å². The van der Waals surface area contributed by atoms with Crippen molar-refractivity contribution in [2.24, 2.45) is 7.05 Å². The number of imidazole rings is 1. The van der Waals surface area contributed by atoms with Crippen LogP contribution < -0.4 is 5.32 Å². The van der Waals surface area contributed by atoms with Gasteiger partial charge in [-0.05, 0) is 32.0 Å². The zero-order valence-electron chi connectivity index (χ0n) is 19.1. The van der Waals surface area contributed by atoms with Gasteiger partial charge in [-0.2, -0.15) is 4.31 Å². The van der Waals surface area contributed by atoms with Crippen molar-refractivity contribution in [3.63, 3.8) is 0 Å². The standard InChI is InChI=1S/C21H34N6O3S/c1-6-27(7-2)31(29,30)17-8-9-19-18(14-17)23-20(24(19)5)15-25-10-12-26(13-11-25)21(28)22-16(3)4/h8-9,14,16H,6-7,10-13,15H2,1-5H3,(H,22,28). The average Bonchev–Trinajstić information content (AvgIpc) is 3.03. The molecule has 2 heterocycles. The van der Waals surface area contributed by atoms with Crippen LogP contribution in [-0.2, 0) is 23.6 Å². The summed E-state index contributed by atoms with van der Waals surface area (Å²) in [5, 5.41) is 2.94. The minimum atomic E-state index is -3.52. The summed E-state index contributed by atoms with van der Waals surface area (Å²) in [6.07, 6.45) is 0. The van der Waals surface area contributed by atoms with E-state index < -0.39 is 10.0 Å². The molecule has 31 heavy (non-hydrogen) atoms. The molecule has 2 amide bonds. The molecule has 1 aromatic carbocycles. The van der Waals surface area contributed by atoms with Gasteiger partial charge in [0.1, 0.15) is 5.82 Å². The Hall–Kier alpha value is -2.17. The van der Waals surface area contributed by atoms with E-state index in [2.05, 4.69) is 10.2 Å². The van der Waals surface area contributed by atoms with Gasteiger partial charge in [-0.3, -0.25) is 4.90 Å². The van der Waals surface area contributed by atoms with E-state index in [1.807, 2.05) is 50.3 Å². The number of rotatable bonds is 7. The highest BCUT2D eigenvalue weighted by atomic mass is 32.2. The molecule has 0 unspecified atom stereocenters. The number of nitrogens with one attached hydrogen (secondary N) is 1.